The zero-order chi connectivity index (χ0) is 31.2. The van der Waals surface area contributed by atoms with E-state index < -0.39 is 53.4 Å². The summed E-state index contributed by atoms with van der Waals surface area (Å²) in [7, 11) is 0. The van der Waals surface area contributed by atoms with Crippen LogP contribution in [0.25, 0.3) is 0 Å². The van der Waals surface area contributed by atoms with Crippen molar-refractivity contribution in [2.45, 2.75) is 31.8 Å². The summed E-state index contributed by atoms with van der Waals surface area (Å²) in [4.78, 5) is 41.2. The average Bonchev–Trinajstić information content (AvgIpc) is 3.48. The number of fused-ring (bicyclic) bond motifs is 4. The fourth-order valence-corrected chi connectivity index (χ4v) is 6.68. The third kappa shape index (κ3) is 4.81. The zero-order valence-corrected chi connectivity index (χ0v) is 23.8. The number of aliphatic hydroxyl groups is 1. The second-order valence-corrected chi connectivity index (χ2v) is 11.3. The number of phenolic OH excluding ortho intramolecular Hbond substituents is 1. The van der Waals surface area contributed by atoms with Crippen LogP contribution in [-0.2, 0) is 29.1 Å². The van der Waals surface area contributed by atoms with Crippen LogP contribution in [0, 0.1) is 17.8 Å². The summed E-state index contributed by atoms with van der Waals surface area (Å²) >= 11 is 0. The molecule has 0 aliphatic heterocycles. The lowest BCUT2D eigenvalue weighted by atomic mass is 9.59. The third-order valence-electron chi connectivity index (χ3n) is 8.73. The van der Waals surface area contributed by atoms with Crippen LogP contribution in [0.4, 0.5) is 4.79 Å². The van der Waals surface area contributed by atoms with E-state index in [1.807, 2.05) is 36.4 Å². The number of nitrogens with zero attached hydrogens (tertiary/aromatic N) is 1. The van der Waals surface area contributed by atoms with Crippen molar-refractivity contribution in [3.05, 3.63) is 124 Å². The van der Waals surface area contributed by atoms with Crippen LogP contribution in [0.5, 0.6) is 11.6 Å². The number of aromatic nitrogens is 1. The molecule has 11 heteroatoms. The predicted molar refractivity (Wildman–Crippen MR) is 156 cm³/mol. The van der Waals surface area contributed by atoms with Gasteiger partial charge in [-0.05, 0) is 34.3 Å². The number of ether oxygens (including phenoxy) is 3. The van der Waals surface area contributed by atoms with Gasteiger partial charge in [0.25, 0.3) is 5.88 Å². The van der Waals surface area contributed by atoms with E-state index in [0.29, 0.717) is 5.56 Å². The van der Waals surface area contributed by atoms with Crippen LogP contribution in [0.2, 0.25) is 0 Å². The third-order valence-corrected chi connectivity index (χ3v) is 8.73. The Morgan fingerprint density at radius 2 is 1.60 bits per heavy atom. The highest BCUT2D eigenvalue weighted by Gasteiger charge is 2.59. The Balaban J connectivity index is 1.27. The Labute approximate surface area is 256 Å². The lowest BCUT2D eigenvalue weighted by Crippen LogP contribution is -2.54. The number of hydrogen-bond donors (Lipinski definition) is 3. The smallest absolute Gasteiger partial charge is 0.508 e. The van der Waals surface area contributed by atoms with Crippen LogP contribution >= 0.6 is 0 Å². The van der Waals surface area contributed by atoms with Gasteiger partial charge < -0.3 is 34.7 Å². The second kappa shape index (κ2) is 11.3. The van der Waals surface area contributed by atoms with Gasteiger partial charge in [-0.15, -0.1) is 0 Å². The van der Waals surface area contributed by atoms with Gasteiger partial charge in [0, 0.05) is 17.4 Å². The van der Waals surface area contributed by atoms with Gasteiger partial charge in [-0.2, -0.15) is 0 Å². The molecule has 4 aromatic rings. The van der Waals surface area contributed by atoms with Crippen molar-refractivity contribution >= 4 is 17.7 Å². The van der Waals surface area contributed by atoms with Crippen molar-refractivity contribution in [1.29, 1.82) is 0 Å². The van der Waals surface area contributed by atoms with Crippen molar-refractivity contribution in [2.75, 3.05) is 0 Å². The van der Waals surface area contributed by atoms with Gasteiger partial charge >= 0.3 is 6.16 Å². The number of aliphatic hydroxyl groups excluding tert-OH is 1. The van der Waals surface area contributed by atoms with E-state index in [0.717, 1.165) is 11.1 Å². The van der Waals surface area contributed by atoms with E-state index in [2.05, 4.69) is 5.16 Å². The fourth-order valence-electron chi connectivity index (χ4n) is 6.68. The highest BCUT2D eigenvalue weighted by Crippen LogP contribution is 2.53. The first-order chi connectivity index (χ1) is 21.8. The molecule has 0 amide bonds. The maximum atomic E-state index is 14.2. The molecule has 3 aliphatic carbocycles. The number of allylic oxidation sites excluding steroid dienone is 1. The van der Waals surface area contributed by atoms with Gasteiger partial charge in [0.15, 0.2) is 17.3 Å². The molecule has 0 spiro atoms. The molecule has 3 aromatic carbocycles. The molecule has 45 heavy (non-hydrogen) atoms. The van der Waals surface area contributed by atoms with Gasteiger partial charge in [-0.1, -0.05) is 72.8 Å². The van der Waals surface area contributed by atoms with Gasteiger partial charge in [0.2, 0.25) is 0 Å². The first-order valence-electron chi connectivity index (χ1n) is 14.5. The number of carbonyl (C=O) groups is 3. The maximum Gasteiger partial charge on any atom is 0.508 e. The highest BCUT2D eigenvalue weighted by atomic mass is 16.7. The molecule has 0 bridgehead atoms. The topological polar surface area (TPSA) is 171 Å². The quantitative estimate of drug-likeness (QED) is 0.252. The molecule has 0 saturated carbocycles. The van der Waals surface area contributed by atoms with E-state index in [9.17, 15) is 24.6 Å². The maximum absolute atomic E-state index is 14.2. The Hall–Kier alpha value is -5.42. The van der Waals surface area contributed by atoms with Gasteiger partial charge in [-0.3, -0.25) is 9.59 Å². The molecule has 228 valence electrons. The number of nitrogens with two attached hydrogens (primary N) is 1. The van der Waals surface area contributed by atoms with Gasteiger partial charge in [-0.25, -0.2) is 4.79 Å². The van der Waals surface area contributed by atoms with Crippen LogP contribution in [0.15, 0.2) is 94.7 Å². The Bertz CT molecular complexity index is 1830. The monoisotopic (exact) mass is 608 g/mol. The number of carbonyl (C=O) groups excluding carboxylic acids is 3. The normalized spacial score (nSPS) is 23.4. The number of benzene rings is 3. The largest absolute Gasteiger partial charge is 0.511 e. The molecule has 0 fully saturated rings. The minimum Gasteiger partial charge on any atom is -0.511 e. The number of aromatic hydroxyl groups is 1. The number of hydrogen-bond acceptors (Lipinski definition) is 11. The van der Waals surface area contributed by atoms with E-state index in [-0.39, 0.29) is 53.7 Å². The van der Waals surface area contributed by atoms with Gasteiger partial charge in [0.05, 0.1) is 17.5 Å². The summed E-state index contributed by atoms with van der Waals surface area (Å²) in [6.45, 7) is 0.00714. The summed E-state index contributed by atoms with van der Waals surface area (Å²) in [6, 6.07) is 21.8. The van der Waals surface area contributed by atoms with Crippen molar-refractivity contribution in [1.82, 2.24) is 5.16 Å². The molecule has 0 radical (unpaired) electrons. The molecule has 1 unspecified atom stereocenters. The summed E-state index contributed by atoms with van der Waals surface area (Å²) in [5.41, 5.74) is 8.60. The first-order valence-corrected chi connectivity index (χ1v) is 14.5. The molecular formula is C34H28N2O9. The number of ketones is 2. The molecule has 5 atom stereocenters. The van der Waals surface area contributed by atoms with Crippen molar-refractivity contribution in [2.24, 2.45) is 23.5 Å². The van der Waals surface area contributed by atoms with Crippen LogP contribution < -0.4 is 10.5 Å². The molecular weight excluding hydrogens is 580 g/mol. The molecule has 4 N–H and O–H groups in total. The standard InChI is InChI=1S/C34H28N2O9/c35-27-24-25(30(40)26-32(27)45-36-33(26)42-15-17-8-3-1-4-9-17)29(39)23-20(14-19-12-7-13-21(37)22(19)28(23)38)31(24)44-34(41)43-16-18-10-5-2-6-11-18/h1-13,20,24-25,27,31,37,39H,14-16,35H2/t20-,24-,25?,27+,31+/m1/s1. The van der Waals surface area contributed by atoms with E-state index >= 15 is 0 Å². The molecule has 3 aliphatic rings. The van der Waals surface area contributed by atoms with Crippen LogP contribution in [0.3, 0.4) is 0 Å². The Morgan fingerprint density at radius 1 is 0.911 bits per heavy atom. The Morgan fingerprint density at radius 3 is 2.31 bits per heavy atom. The minimum absolute atomic E-state index is 0.0178. The molecule has 1 aromatic heterocycles. The molecule has 0 saturated heterocycles. The summed E-state index contributed by atoms with van der Waals surface area (Å²) in [5.74, 6) is -5.48. The van der Waals surface area contributed by atoms with Crippen molar-refractivity contribution < 1.29 is 43.3 Å². The van der Waals surface area contributed by atoms with Crippen molar-refractivity contribution in [3.8, 4) is 11.6 Å². The van der Waals surface area contributed by atoms with E-state index in [1.165, 1.54) is 6.07 Å². The number of phenols is 1. The fraction of sp³-hybridized carbons (Fsp3) is 0.235. The minimum atomic E-state index is -1.39. The SMILES string of the molecule is N[C@@H]1c2onc(OCc3ccccc3)c2C(=O)C2C(O)=C3C(=O)c4c(O)cccc4C[C@H]3[C@H](OC(=O)OCc3ccccc3)[C@H]21. The second-order valence-electron chi connectivity index (χ2n) is 11.3. The summed E-state index contributed by atoms with van der Waals surface area (Å²) in [5, 5.41) is 26.2. The lowest BCUT2D eigenvalue weighted by Gasteiger charge is -2.46. The van der Waals surface area contributed by atoms with E-state index in [4.69, 9.17) is 24.5 Å². The molecule has 11 nitrogen and oxygen atoms in total. The van der Waals surface area contributed by atoms with Crippen LogP contribution in [-0.4, -0.2) is 39.2 Å². The molecule has 1 heterocycles. The van der Waals surface area contributed by atoms with E-state index in [1.54, 1.807) is 36.4 Å². The van der Waals surface area contributed by atoms with Crippen molar-refractivity contribution in [3.63, 3.8) is 0 Å². The van der Waals surface area contributed by atoms with Crippen LogP contribution in [0.1, 0.15) is 49.2 Å². The predicted octanol–water partition coefficient (Wildman–Crippen LogP) is 4.99. The number of Topliss-reactive ketones (excluding diaryl/α,β-unsaturated/α-hetero) is 2. The number of rotatable bonds is 6. The Kier molecular flexibility index (Phi) is 7.09. The summed E-state index contributed by atoms with van der Waals surface area (Å²) in [6.07, 6.45) is -2.11. The lowest BCUT2D eigenvalue weighted by molar-refractivity contribution is -0.0488. The molecule has 7 rings (SSSR count). The first kappa shape index (κ1) is 28.4. The zero-order valence-electron chi connectivity index (χ0n) is 23.8. The summed E-state index contributed by atoms with van der Waals surface area (Å²) < 4.78 is 22.7. The highest BCUT2D eigenvalue weighted by molar-refractivity contribution is 6.14. The average molecular weight is 609 g/mol. The van der Waals surface area contributed by atoms with Gasteiger partial charge in [0.1, 0.15) is 36.4 Å².